The van der Waals surface area contributed by atoms with Crippen LogP contribution in [-0.2, 0) is 20.0 Å². The average molecular weight is 325 g/mol. The van der Waals surface area contributed by atoms with Crippen molar-refractivity contribution in [1.29, 1.82) is 0 Å². The van der Waals surface area contributed by atoms with Crippen molar-refractivity contribution >= 4 is 5.91 Å². The number of aryl methyl sites for hydroxylation is 1. The van der Waals surface area contributed by atoms with Gasteiger partial charge < -0.3 is 9.88 Å². The largest absolute Gasteiger partial charge is 0.348 e. The van der Waals surface area contributed by atoms with E-state index in [1.165, 1.54) is 21.8 Å². The minimum absolute atomic E-state index is 0.0417. The van der Waals surface area contributed by atoms with Crippen LogP contribution in [0.25, 0.3) is 0 Å². The summed E-state index contributed by atoms with van der Waals surface area (Å²) in [6, 6.07) is 11.6. The first-order chi connectivity index (χ1) is 11.5. The molecule has 1 aromatic carbocycles. The van der Waals surface area contributed by atoms with Gasteiger partial charge in [0.1, 0.15) is 0 Å². The Kier molecular flexibility index (Phi) is 4.81. The summed E-state index contributed by atoms with van der Waals surface area (Å²) in [6.45, 7) is 4.76. The molecule has 0 saturated heterocycles. The van der Waals surface area contributed by atoms with Crippen molar-refractivity contribution in [3.63, 3.8) is 0 Å². The van der Waals surface area contributed by atoms with E-state index in [0.29, 0.717) is 5.56 Å². The number of nitrogens with zero attached hydrogens (tertiary/aromatic N) is 2. The van der Waals surface area contributed by atoms with E-state index >= 15 is 0 Å². The highest BCUT2D eigenvalue weighted by Gasteiger charge is 2.19. The zero-order chi connectivity index (χ0) is 17.1. The molecule has 0 fully saturated rings. The zero-order valence-corrected chi connectivity index (χ0v) is 14.2. The van der Waals surface area contributed by atoms with E-state index < -0.39 is 0 Å². The summed E-state index contributed by atoms with van der Waals surface area (Å²) in [5, 5.41) is 3.02. The van der Waals surface area contributed by atoms with Gasteiger partial charge in [-0.25, -0.2) is 0 Å². The quantitative estimate of drug-likeness (QED) is 0.928. The van der Waals surface area contributed by atoms with Crippen LogP contribution in [0.1, 0.15) is 28.4 Å². The van der Waals surface area contributed by atoms with Gasteiger partial charge in [-0.3, -0.25) is 14.5 Å². The Bertz CT molecular complexity index is 797. The van der Waals surface area contributed by atoms with Crippen LogP contribution >= 0.6 is 0 Å². The maximum Gasteiger partial charge on any atom is 0.253 e. The molecule has 2 heterocycles. The Morgan fingerprint density at radius 1 is 1.21 bits per heavy atom. The Morgan fingerprint density at radius 3 is 2.71 bits per heavy atom. The number of carbonyl (C=O) groups excluding carboxylic acids is 1. The van der Waals surface area contributed by atoms with E-state index in [9.17, 15) is 9.59 Å². The Balaban J connectivity index is 1.58. The average Bonchev–Trinajstić information content (AvgIpc) is 2.57. The van der Waals surface area contributed by atoms with Crippen molar-refractivity contribution in [2.45, 2.75) is 25.9 Å². The molecule has 3 rings (SSSR count). The lowest BCUT2D eigenvalue weighted by atomic mass is 9.99. The third kappa shape index (κ3) is 3.74. The molecule has 0 radical (unpaired) electrons. The zero-order valence-electron chi connectivity index (χ0n) is 14.2. The molecule has 1 amide bonds. The van der Waals surface area contributed by atoms with Crippen molar-refractivity contribution in [2.75, 3.05) is 13.1 Å². The molecular weight excluding hydrogens is 302 g/mol. The number of hydrogen-bond acceptors (Lipinski definition) is 3. The molecule has 0 aliphatic carbocycles. The fraction of sp³-hybridized carbons (Fsp3) is 0.368. The molecule has 1 atom stereocenters. The second-order valence-electron chi connectivity index (χ2n) is 6.50. The summed E-state index contributed by atoms with van der Waals surface area (Å²) in [4.78, 5) is 26.1. The van der Waals surface area contributed by atoms with Gasteiger partial charge >= 0.3 is 0 Å². The maximum atomic E-state index is 12.3. The van der Waals surface area contributed by atoms with Crippen LogP contribution in [0.2, 0.25) is 0 Å². The number of carbonyl (C=O) groups is 1. The predicted octanol–water partition coefficient (Wildman–Crippen LogP) is 1.56. The number of fused-ring (bicyclic) bond motifs is 1. The molecule has 2 aromatic rings. The molecule has 1 aromatic heterocycles. The van der Waals surface area contributed by atoms with Gasteiger partial charge in [0.25, 0.3) is 5.91 Å². The number of benzene rings is 1. The number of nitrogens with one attached hydrogen (secondary N) is 1. The molecule has 0 spiro atoms. The van der Waals surface area contributed by atoms with Gasteiger partial charge in [-0.1, -0.05) is 24.3 Å². The summed E-state index contributed by atoms with van der Waals surface area (Å²) >= 11 is 0. The first-order valence-electron chi connectivity index (χ1n) is 8.29. The van der Waals surface area contributed by atoms with Crippen LogP contribution in [0, 0.1) is 0 Å². The van der Waals surface area contributed by atoms with Crippen LogP contribution in [0.4, 0.5) is 0 Å². The van der Waals surface area contributed by atoms with Crippen LogP contribution in [0.5, 0.6) is 0 Å². The van der Waals surface area contributed by atoms with E-state index in [2.05, 4.69) is 34.5 Å². The Morgan fingerprint density at radius 2 is 1.96 bits per heavy atom. The lowest BCUT2D eigenvalue weighted by Gasteiger charge is -2.31. The van der Waals surface area contributed by atoms with Crippen LogP contribution < -0.4 is 10.9 Å². The fourth-order valence-electron chi connectivity index (χ4n) is 3.18. The molecule has 0 saturated carbocycles. The summed E-state index contributed by atoms with van der Waals surface area (Å²) in [7, 11) is 1.65. The lowest BCUT2D eigenvalue weighted by molar-refractivity contribution is 0.0926. The Hall–Kier alpha value is -2.40. The third-order valence-electron chi connectivity index (χ3n) is 4.47. The summed E-state index contributed by atoms with van der Waals surface area (Å²) in [6.07, 6.45) is 2.62. The second-order valence-corrected chi connectivity index (χ2v) is 6.50. The predicted molar refractivity (Wildman–Crippen MR) is 94.0 cm³/mol. The van der Waals surface area contributed by atoms with Crippen LogP contribution in [0.15, 0.2) is 47.4 Å². The van der Waals surface area contributed by atoms with Gasteiger partial charge in [0.15, 0.2) is 0 Å². The number of aromatic nitrogens is 1. The molecule has 1 N–H and O–H groups in total. The SMILES string of the molecule is C[C@@H](CN1CCc2ccccc2C1)NC(=O)c1ccc(=O)n(C)c1. The number of rotatable bonds is 4. The van der Waals surface area contributed by atoms with Crippen molar-refractivity contribution in [1.82, 2.24) is 14.8 Å². The van der Waals surface area contributed by atoms with Gasteiger partial charge in [0.2, 0.25) is 5.56 Å². The molecular formula is C19H23N3O2. The van der Waals surface area contributed by atoms with Crippen molar-refractivity contribution < 1.29 is 4.79 Å². The van der Waals surface area contributed by atoms with E-state index in [1.807, 2.05) is 6.92 Å². The minimum atomic E-state index is -0.143. The maximum absolute atomic E-state index is 12.3. The summed E-state index contributed by atoms with van der Waals surface area (Å²) in [5.74, 6) is -0.143. The van der Waals surface area contributed by atoms with Crippen molar-refractivity contribution in [3.05, 3.63) is 69.6 Å². The first kappa shape index (κ1) is 16.5. The van der Waals surface area contributed by atoms with E-state index in [1.54, 1.807) is 19.3 Å². The molecule has 5 nitrogen and oxygen atoms in total. The molecule has 0 unspecified atom stereocenters. The molecule has 0 bridgehead atoms. The molecule has 1 aliphatic heterocycles. The van der Waals surface area contributed by atoms with Gasteiger partial charge in [-0.15, -0.1) is 0 Å². The fourth-order valence-corrected chi connectivity index (χ4v) is 3.18. The number of amides is 1. The summed E-state index contributed by atoms with van der Waals surface area (Å²) < 4.78 is 1.42. The van der Waals surface area contributed by atoms with Crippen molar-refractivity contribution in [3.8, 4) is 0 Å². The first-order valence-corrected chi connectivity index (χ1v) is 8.29. The smallest absolute Gasteiger partial charge is 0.253 e. The van der Waals surface area contributed by atoms with Gasteiger partial charge in [-0.05, 0) is 30.5 Å². The number of hydrogen-bond donors (Lipinski definition) is 1. The topological polar surface area (TPSA) is 54.3 Å². The van der Waals surface area contributed by atoms with E-state index in [4.69, 9.17) is 0 Å². The second kappa shape index (κ2) is 7.01. The number of pyridine rings is 1. The molecule has 5 heteroatoms. The summed E-state index contributed by atoms with van der Waals surface area (Å²) in [5.41, 5.74) is 3.19. The van der Waals surface area contributed by atoms with Crippen molar-refractivity contribution in [2.24, 2.45) is 7.05 Å². The monoisotopic (exact) mass is 325 g/mol. The normalized spacial score (nSPS) is 15.6. The standard InChI is InChI=1S/C19H23N3O2/c1-14(20-19(24)17-7-8-18(23)21(2)12-17)11-22-10-9-15-5-3-4-6-16(15)13-22/h3-8,12,14H,9-11,13H2,1-2H3,(H,20,24)/t14-/m0/s1. The highest BCUT2D eigenvalue weighted by Crippen LogP contribution is 2.18. The lowest BCUT2D eigenvalue weighted by Crippen LogP contribution is -2.43. The van der Waals surface area contributed by atoms with Gasteiger partial charge in [0.05, 0.1) is 5.56 Å². The Labute approximate surface area is 141 Å². The molecule has 126 valence electrons. The molecule has 24 heavy (non-hydrogen) atoms. The van der Waals surface area contributed by atoms with E-state index in [-0.39, 0.29) is 17.5 Å². The highest BCUT2D eigenvalue weighted by atomic mass is 16.2. The third-order valence-corrected chi connectivity index (χ3v) is 4.47. The molecule has 1 aliphatic rings. The highest BCUT2D eigenvalue weighted by molar-refractivity contribution is 5.94. The van der Waals surface area contributed by atoms with Gasteiger partial charge in [0, 0.05) is 45.0 Å². The van der Waals surface area contributed by atoms with Gasteiger partial charge in [-0.2, -0.15) is 0 Å². The van der Waals surface area contributed by atoms with E-state index in [0.717, 1.165) is 26.1 Å². The minimum Gasteiger partial charge on any atom is -0.348 e. The van der Waals surface area contributed by atoms with Crippen LogP contribution in [-0.4, -0.2) is 34.5 Å². The van der Waals surface area contributed by atoms with Crippen LogP contribution in [0.3, 0.4) is 0 Å².